The van der Waals surface area contributed by atoms with E-state index in [1.807, 2.05) is 66.7 Å². The Hall–Kier alpha value is -4.25. The van der Waals surface area contributed by atoms with E-state index < -0.39 is 5.60 Å². The summed E-state index contributed by atoms with van der Waals surface area (Å²) in [6.07, 6.45) is 4.51. The SMILES string of the molecule is CCCCN(CCCC)c1ccc2c(c1)C1(OC(=O)c3ccccc31)c1cc(Nc3ccccc3)c(C)cc1O2. The summed E-state index contributed by atoms with van der Waals surface area (Å²) in [7, 11) is 0. The third-order valence-electron chi connectivity index (χ3n) is 8.02. The van der Waals surface area contributed by atoms with Gasteiger partial charge in [0.15, 0.2) is 5.60 Å². The Balaban J connectivity index is 1.54. The second-order valence-electron chi connectivity index (χ2n) is 10.7. The van der Waals surface area contributed by atoms with Crippen LogP contribution < -0.4 is 15.0 Å². The van der Waals surface area contributed by atoms with E-state index in [0.717, 1.165) is 83.8 Å². The molecule has 2 heterocycles. The van der Waals surface area contributed by atoms with Crippen molar-refractivity contribution >= 4 is 23.0 Å². The number of anilines is 3. The number of rotatable bonds is 9. The average Bonchev–Trinajstić information content (AvgIpc) is 3.27. The smallest absolute Gasteiger partial charge is 0.340 e. The van der Waals surface area contributed by atoms with Crippen molar-refractivity contribution in [3.8, 4) is 11.5 Å². The third-order valence-corrected chi connectivity index (χ3v) is 8.02. The second-order valence-corrected chi connectivity index (χ2v) is 10.7. The van der Waals surface area contributed by atoms with Crippen LogP contribution in [-0.2, 0) is 10.3 Å². The highest BCUT2D eigenvalue weighted by molar-refractivity contribution is 5.97. The fourth-order valence-electron chi connectivity index (χ4n) is 5.88. The first-order valence-corrected chi connectivity index (χ1v) is 14.4. The van der Waals surface area contributed by atoms with E-state index in [4.69, 9.17) is 9.47 Å². The predicted octanol–water partition coefficient (Wildman–Crippen LogP) is 8.71. The summed E-state index contributed by atoms with van der Waals surface area (Å²) < 4.78 is 13.0. The summed E-state index contributed by atoms with van der Waals surface area (Å²) >= 11 is 0. The molecule has 4 aromatic rings. The van der Waals surface area contributed by atoms with Gasteiger partial charge in [0, 0.05) is 46.8 Å². The van der Waals surface area contributed by atoms with Crippen molar-refractivity contribution in [1.82, 2.24) is 0 Å². The van der Waals surface area contributed by atoms with Crippen molar-refractivity contribution in [1.29, 1.82) is 0 Å². The second kappa shape index (κ2) is 10.7. The molecular weight excluding hydrogens is 496 g/mol. The van der Waals surface area contributed by atoms with Crippen molar-refractivity contribution in [2.75, 3.05) is 23.3 Å². The van der Waals surface area contributed by atoms with Crippen LogP contribution in [0.1, 0.15) is 72.1 Å². The number of nitrogens with zero attached hydrogens (tertiary/aromatic N) is 1. The topological polar surface area (TPSA) is 50.8 Å². The predicted molar refractivity (Wildman–Crippen MR) is 161 cm³/mol. The highest BCUT2D eigenvalue weighted by Crippen LogP contribution is 2.57. The number of hydrogen-bond acceptors (Lipinski definition) is 5. The molecule has 0 fully saturated rings. The van der Waals surface area contributed by atoms with Crippen molar-refractivity contribution in [3.05, 3.63) is 113 Å². The number of ether oxygens (including phenoxy) is 2. The van der Waals surface area contributed by atoms with Gasteiger partial charge in [0.2, 0.25) is 0 Å². The number of carbonyl (C=O) groups excluding carboxylic acids is 1. The monoisotopic (exact) mass is 532 g/mol. The molecule has 2 aliphatic rings. The van der Waals surface area contributed by atoms with E-state index in [1.165, 1.54) is 0 Å². The zero-order chi connectivity index (χ0) is 27.7. The van der Waals surface area contributed by atoms with Gasteiger partial charge < -0.3 is 19.7 Å². The van der Waals surface area contributed by atoms with E-state index in [0.29, 0.717) is 11.3 Å². The molecule has 0 saturated heterocycles. The molecule has 0 aliphatic carbocycles. The van der Waals surface area contributed by atoms with Crippen LogP contribution in [0.25, 0.3) is 0 Å². The minimum absolute atomic E-state index is 0.313. The zero-order valence-corrected chi connectivity index (χ0v) is 23.5. The molecule has 1 unspecified atom stereocenters. The van der Waals surface area contributed by atoms with Crippen LogP contribution >= 0.6 is 0 Å². The first kappa shape index (κ1) is 26.0. The van der Waals surface area contributed by atoms with Crippen LogP contribution in [-0.4, -0.2) is 19.1 Å². The van der Waals surface area contributed by atoms with Crippen LogP contribution in [0.3, 0.4) is 0 Å². The van der Waals surface area contributed by atoms with Crippen LogP contribution in [0.5, 0.6) is 11.5 Å². The fourth-order valence-corrected chi connectivity index (χ4v) is 5.88. The maximum Gasteiger partial charge on any atom is 0.340 e. The molecule has 0 amide bonds. The van der Waals surface area contributed by atoms with Gasteiger partial charge in [-0.2, -0.15) is 0 Å². The van der Waals surface area contributed by atoms with Gasteiger partial charge in [-0.1, -0.05) is 63.1 Å². The summed E-state index contributed by atoms with van der Waals surface area (Å²) in [5.41, 5.74) is 6.14. The van der Waals surface area contributed by atoms with Gasteiger partial charge in [-0.3, -0.25) is 0 Å². The summed E-state index contributed by atoms with van der Waals surface area (Å²) in [4.78, 5) is 15.9. The van der Waals surface area contributed by atoms with Crippen molar-refractivity contribution in [2.24, 2.45) is 0 Å². The molecule has 0 aromatic heterocycles. The lowest BCUT2D eigenvalue weighted by molar-refractivity contribution is 0.0224. The Morgan fingerprint density at radius 2 is 1.48 bits per heavy atom. The molecule has 40 heavy (non-hydrogen) atoms. The molecule has 6 rings (SSSR count). The summed E-state index contributed by atoms with van der Waals surface area (Å²) in [6, 6.07) is 28.4. The first-order chi connectivity index (χ1) is 19.5. The van der Waals surface area contributed by atoms with Gasteiger partial charge in [-0.05, 0) is 73.9 Å². The maximum absolute atomic E-state index is 13.4. The Morgan fingerprint density at radius 3 is 2.23 bits per heavy atom. The van der Waals surface area contributed by atoms with E-state index in [2.05, 4.69) is 49.2 Å². The van der Waals surface area contributed by atoms with Gasteiger partial charge in [-0.15, -0.1) is 0 Å². The highest BCUT2D eigenvalue weighted by Gasteiger charge is 2.53. The lowest BCUT2D eigenvalue weighted by Crippen LogP contribution is -2.34. The number of para-hydroxylation sites is 1. The largest absolute Gasteiger partial charge is 0.456 e. The number of benzene rings is 4. The molecule has 0 saturated carbocycles. The summed E-state index contributed by atoms with van der Waals surface area (Å²) in [5.74, 6) is 1.11. The molecule has 1 atom stereocenters. The van der Waals surface area contributed by atoms with E-state index in [-0.39, 0.29) is 5.97 Å². The van der Waals surface area contributed by atoms with E-state index in [9.17, 15) is 4.79 Å². The minimum atomic E-state index is -1.10. The molecule has 2 aliphatic heterocycles. The maximum atomic E-state index is 13.4. The Kier molecular flexibility index (Phi) is 6.97. The minimum Gasteiger partial charge on any atom is -0.456 e. The Labute approximate surface area is 236 Å². The van der Waals surface area contributed by atoms with Crippen LogP contribution in [0, 0.1) is 6.92 Å². The number of esters is 1. The summed E-state index contributed by atoms with van der Waals surface area (Å²) in [6.45, 7) is 8.49. The van der Waals surface area contributed by atoms with Gasteiger partial charge in [0.25, 0.3) is 0 Å². The van der Waals surface area contributed by atoms with E-state index >= 15 is 0 Å². The summed E-state index contributed by atoms with van der Waals surface area (Å²) in [5, 5.41) is 3.56. The normalized spacial score (nSPS) is 16.5. The number of nitrogens with one attached hydrogen (secondary N) is 1. The van der Waals surface area contributed by atoms with Crippen LogP contribution in [0.15, 0.2) is 84.9 Å². The van der Waals surface area contributed by atoms with Gasteiger partial charge in [0.05, 0.1) is 5.56 Å². The number of unbranched alkanes of at least 4 members (excludes halogenated alkanes) is 2. The standard InChI is InChI=1S/C35H36N2O3/c1-4-6-19-37(20-7-5-2)26-17-18-32-29(22-26)35(28-16-12-11-15-27(28)34(38)40-35)30-23-31(24(3)21-33(30)39-32)36-25-13-9-8-10-14-25/h8-18,21-23,36H,4-7,19-20H2,1-3H3. The molecule has 1 N–H and O–H groups in total. The van der Waals surface area contributed by atoms with Gasteiger partial charge >= 0.3 is 5.97 Å². The molecule has 1 spiro atoms. The van der Waals surface area contributed by atoms with Gasteiger partial charge in [-0.25, -0.2) is 4.79 Å². The number of carbonyl (C=O) groups is 1. The first-order valence-electron chi connectivity index (χ1n) is 14.4. The van der Waals surface area contributed by atoms with Crippen molar-refractivity contribution < 1.29 is 14.3 Å². The lowest BCUT2D eigenvalue weighted by Gasteiger charge is -2.38. The molecule has 0 bridgehead atoms. The van der Waals surface area contributed by atoms with Crippen molar-refractivity contribution in [3.63, 3.8) is 0 Å². The fraction of sp³-hybridized carbons (Fsp3) is 0.286. The number of hydrogen-bond donors (Lipinski definition) is 1. The number of aryl methyl sites for hydroxylation is 1. The molecule has 0 radical (unpaired) electrons. The molecular formula is C35H36N2O3. The quantitative estimate of drug-likeness (QED) is 0.219. The number of fused-ring (bicyclic) bond motifs is 6. The van der Waals surface area contributed by atoms with Gasteiger partial charge in [0.1, 0.15) is 11.5 Å². The van der Waals surface area contributed by atoms with Crippen LogP contribution in [0.2, 0.25) is 0 Å². The van der Waals surface area contributed by atoms with Crippen molar-refractivity contribution in [2.45, 2.75) is 52.1 Å². The molecule has 5 nitrogen and oxygen atoms in total. The lowest BCUT2D eigenvalue weighted by atomic mass is 9.77. The molecule has 4 aromatic carbocycles. The molecule has 204 valence electrons. The van der Waals surface area contributed by atoms with Crippen LogP contribution in [0.4, 0.5) is 17.1 Å². The Bertz CT molecular complexity index is 1540. The zero-order valence-electron chi connectivity index (χ0n) is 23.5. The van der Waals surface area contributed by atoms with E-state index in [1.54, 1.807) is 0 Å². The average molecular weight is 533 g/mol. The highest BCUT2D eigenvalue weighted by atomic mass is 16.6. The molecule has 5 heteroatoms. The Morgan fingerprint density at radius 1 is 0.775 bits per heavy atom. The third kappa shape index (κ3) is 4.40.